The number of nitrogens with zero attached hydrogens (tertiary/aromatic N) is 1. The van der Waals surface area contributed by atoms with Gasteiger partial charge in [0.2, 0.25) is 0 Å². The molecule has 0 heterocycles. The van der Waals surface area contributed by atoms with Crippen LogP contribution in [-0.4, -0.2) is 19.4 Å². The van der Waals surface area contributed by atoms with Crippen LogP contribution >= 0.6 is 0 Å². The van der Waals surface area contributed by atoms with Crippen molar-refractivity contribution in [1.82, 2.24) is 0 Å². The molecule has 1 rings (SSSR count). The van der Waals surface area contributed by atoms with Gasteiger partial charge in [0.25, 0.3) is 0 Å². The van der Waals surface area contributed by atoms with Crippen LogP contribution in [0.4, 0.5) is 13.2 Å². The molecule has 0 atom stereocenters. The Morgan fingerprint density at radius 3 is 2.44 bits per heavy atom. The van der Waals surface area contributed by atoms with E-state index in [1.807, 2.05) is 0 Å². The zero-order chi connectivity index (χ0) is 13.9. The molecule has 1 aromatic rings. The van der Waals surface area contributed by atoms with Crippen molar-refractivity contribution < 1.29 is 27.4 Å². The smallest absolute Gasteiger partial charge is 0.465 e. The minimum atomic E-state index is -5.00. The van der Waals surface area contributed by atoms with Crippen molar-refractivity contribution in [3.05, 3.63) is 28.8 Å². The highest BCUT2D eigenvalue weighted by Crippen LogP contribution is 2.31. The van der Waals surface area contributed by atoms with Gasteiger partial charge in [0.1, 0.15) is 11.6 Å². The molecular formula is C11H8F3NO3. The van der Waals surface area contributed by atoms with E-state index in [2.05, 4.69) is 9.47 Å². The Bertz CT molecular complexity index is 517. The summed E-state index contributed by atoms with van der Waals surface area (Å²) < 4.78 is 44.7. The van der Waals surface area contributed by atoms with Crippen LogP contribution in [-0.2, 0) is 4.74 Å². The molecule has 0 aliphatic rings. The number of hydrogen-bond acceptors (Lipinski definition) is 4. The van der Waals surface area contributed by atoms with Crippen LogP contribution in [0.2, 0.25) is 0 Å². The number of carbonyl (C=O) groups excluding carboxylic acids is 1. The van der Waals surface area contributed by atoms with E-state index in [4.69, 9.17) is 5.26 Å². The molecule has 0 spiro atoms. The van der Waals surface area contributed by atoms with Crippen molar-refractivity contribution in [2.75, 3.05) is 7.11 Å². The first-order valence-electron chi connectivity index (χ1n) is 4.67. The number of rotatable bonds is 2. The number of carbonyl (C=O) groups is 1. The predicted molar refractivity (Wildman–Crippen MR) is 53.9 cm³/mol. The molecule has 0 aliphatic carbocycles. The summed E-state index contributed by atoms with van der Waals surface area (Å²) in [5, 5.41) is 8.77. The van der Waals surface area contributed by atoms with Crippen LogP contribution in [0.25, 0.3) is 0 Å². The Balaban J connectivity index is 3.44. The Hall–Kier alpha value is -2.23. The number of hydrogen-bond donors (Lipinski definition) is 0. The van der Waals surface area contributed by atoms with Gasteiger partial charge in [0.05, 0.1) is 12.7 Å². The van der Waals surface area contributed by atoms with E-state index in [0.29, 0.717) is 5.56 Å². The van der Waals surface area contributed by atoms with E-state index in [0.717, 1.165) is 13.2 Å². The van der Waals surface area contributed by atoms with Crippen molar-refractivity contribution >= 4 is 5.97 Å². The number of nitriles is 1. The van der Waals surface area contributed by atoms with E-state index >= 15 is 0 Å². The van der Waals surface area contributed by atoms with E-state index in [1.54, 1.807) is 6.07 Å². The normalized spacial score (nSPS) is 10.7. The molecule has 0 radical (unpaired) electrons. The van der Waals surface area contributed by atoms with Crippen molar-refractivity contribution in [3.8, 4) is 11.8 Å². The molecule has 4 nitrogen and oxygen atoms in total. The quantitative estimate of drug-likeness (QED) is 0.766. The second-order valence-electron chi connectivity index (χ2n) is 3.34. The molecule has 0 saturated carbocycles. The van der Waals surface area contributed by atoms with Crippen LogP contribution in [0.3, 0.4) is 0 Å². The zero-order valence-corrected chi connectivity index (χ0v) is 9.46. The summed E-state index contributed by atoms with van der Waals surface area (Å²) in [5.41, 5.74) is -0.374. The van der Waals surface area contributed by atoms with Crippen LogP contribution < -0.4 is 4.74 Å². The lowest BCUT2D eigenvalue weighted by Gasteiger charge is -2.14. The third-order valence-electron chi connectivity index (χ3n) is 1.98. The van der Waals surface area contributed by atoms with Crippen LogP contribution in [0, 0.1) is 18.3 Å². The number of ether oxygens (including phenoxy) is 2. The molecule has 7 heteroatoms. The van der Waals surface area contributed by atoms with E-state index in [-0.39, 0.29) is 5.56 Å². The highest BCUT2D eigenvalue weighted by atomic mass is 19.4. The second kappa shape index (κ2) is 4.96. The Morgan fingerprint density at radius 1 is 1.39 bits per heavy atom. The third kappa shape index (κ3) is 3.13. The first kappa shape index (κ1) is 13.8. The zero-order valence-electron chi connectivity index (χ0n) is 9.46. The maximum Gasteiger partial charge on any atom is 0.573 e. The van der Waals surface area contributed by atoms with Gasteiger partial charge in [-0.2, -0.15) is 5.26 Å². The number of alkyl halides is 3. The maximum absolute atomic E-state index is 12.2. The summed E-state index contributed by atoms with van der Waals surface area (Å²) in [7, 11) is 1.02. The van der Waals surface area contributed by atoms with Gasteiger partial charge in [-0.1, -0.05) is 0 Å². The summed E-state index contributed by atoms with van der Waals surface area (Å²) in [6, 6.07) is 3.89. The second-order valence-corrected chi connectivity index (χ2v) is 3.34. The number of methoxy groups -OCH3 is 1. The summed E-state index contributed by atoms with van der Waals surface area (Å²) in [5.74, 6) is -1.85. The molecule has 96 valence electrons. The molecule has 1 aromatic carbocycles. The fourth-order valence-electron chi connectivity index (χ4n) is 1.34. The molecule has 0 bridgehead atoms. The summed E-state index contributed by atoms with van der Waals surface area (Å²) in [4.78, 5) is 11.4. The minimum absolute atomic E-state index is 0.382. The SMILES string of the molecule is COC(=O)c1cc(C)cc(C#N)c1OC(F)(F)F. The van der Waals surface area contributed by atoms with Crippen LogP contribution in [0.15, 0.2) is 12.1 Å². The first-order chi connectivity index (χ1) is 8.28. The fourth-order valence-corrected chi connectivity index (χ4v) is 1.34. The lowest BCUT2D eigenvalue weighted by atomic mass is 10.1. The Morgan fingerprint density at radius 2 is 2.00 bits per heavy atom. The van der Waals surface area contributed by atoms with E-state index < -0.39 is 23.6 Å². The summed E-state index contributed by atoms with van der Waals surface area (Å²) in [6.07, 6.45) is -5.00. The van der Waals surface area contributed by atoms with Crippen molar-refractivity contribution in [3.63, 3.8) is 0 Å². The van der Waals surface area contributed by atoms with Crippen molar-refractivity contribution in [1.29, 1.82) is 5.26 Å². The lowest BCUT2D eigenvalue weighted by molar-refractivity contribution is -0.274. The number of aryl methyl sites for hydroxylation is 1. The number of benzene rings is 1. The average molecular weight is 259 g/mol. The number of halogens is 3. The van der Waals surface area contributed by atoms with Gasteiger partial charge in [-0.15, -0.1) is 13.2 Å². The monoisotopic (exact) mass is 259 g/mol. The van der Waals surface area contributed by atoms with Gasteiger partial charge in [0, 0.05) is 0 Å². The van der Waals surface area contributed by atoms with Crippen LogP contribution in [0.5, 0.6) is 5.75 Å². The molecule has 0 amide bonds. The van der Waals surface area contributed by atoms with Crippen LogP contribution in [0.1, 0.15) is 21.5 Å². The van der Waals surface area contributed by atoms with Crippen molar-refractivity contribution in [2.24, 2.45) is 0 Å². The average Bonchev–Trinajstić information content (AvgIpc) is 2.28. The van der Waals surface area contributed by atoms with Gasteiger partial charge < -0.3 is 9.47 Å². The summed E-state index contributed by atoms with van der Waals surface area (Å²) in [6.45, 7) is 1.53. The lowest BCUT2D eigenvalue weighted by Crippen LogP contribution is -2.20. The molecule has 0 aliphatic heterocycles. The largest absolute Gasteiger partial charge is 0.573 e. The predicted octanol–water partition coefficient (Wildman–Crippen LogP) is 2.55. The molecule has 0 N–H and O–H groups in total. The molecule has 0 unspecified atom stereocenters. The van der Waals surface area contributed by atoms with E-state index in [1.165, 1.54) is 13.0 Å². The topological polar surface area (TPSA) is 59.3 Å². The number of esters is 1. The van der Waals surface area contributed by atoms with E-state index in [9.17, 15) is 18.0 Å². The molecule has 0 aromatic heterocycles. The fraction of sp³-hybridized carbons (Fsp3) is 0.273. The molecule has 18 heavy (non-hydrogen) atoms. The summed E-state index contributed by atoms with van der Waals surface area (Å²) >= 11 is 0. The van der Waals surface area contributed by atoms with Gasteiger partial charge in [-0.3, -0.25) is 0 Å². The molecule has 0 fully saturated rings. The van der Waals surface area contributed by atoms with Gasteiger partial charge in [-0.05, 0) is 24.6 Å². The highest BCUT2D eigenvalue weighted by molar-refractivity contribution is 5.93. The highest BCUT2D eigenvalue weighted by Gasteiger charge is 2.34. The minimum Gasteiger partial charge on any atom is -0.465 e. The molecule has 0 saturated heterocycles. The van der Waals surface area contributed by atoms with Crippen molar-refractivity contribution in [2.45, 2.75) is 13.3 Å². The standard InChI is InChI=1S/C11H8F3NO3/c1-6-3-7(5-15)9(18-11(12,13)14)8(4-6)10(16)17-2/h3-4H,1-2H3. The van der Waals surface area contributed by atoms with Gasteiger partial charge in [0.15, 0.2) is 5.75 Å². The maximum atomic E-state index is 12.2. The van der Waals surface area contributed by atoms with Gasteiger partial charge >= 0.3 is 12.3 Å². The Labute approximate surface area is 101 Å². The third-order valence-corrected chi connectivity index (χ3v) is 1.98. The van der Waals surface area contributed by atoms with Gasteiger partial charge in [-0.25, -0.2) is 4.79 Å². The first-order valence-corrected chi connectivity index (χ1v) is 4.67. The molecular weight excluding hydrogens is 251 g/mol. The Kier molecular flexibility index (Phi) is 3.81.